The fourth-order valence-electron chi connectivity index (χ4n) is 8.90. The van der Waals surface area contributed by atoms with E-state index < -0.39 is 11.9 Å². The van der Waals surface area contributed by atoms with Crippen molar-refractivity contribution in [3.8, 4) is 22.9 Å². The first-order valence-electron chi connectivity index (χ1n) is 15.9. The number of carbonyl (C=O) groups excluding carboxylic acids is 1. The van der Waals surface area contributed by atoms with Crippen molar-refractivity contribution in [2.75, 3.05) is 43.1 Å². The Kier molecular flexibility index (Phi) is 6.05. The van der Waals surface area contributed by atoms with Gasteiger partial charge in [-0.2, -0.15) is 0 Å². The number of rotatable bonds is 4. The van der Waals surface area contributed by atoms with Crippen LogP contribution in [-0.2, 0) is 4.79 Å². The fraction of sp³-hybridized carbons (Fsp3) is 0.441. The molecule has 0 spiro atoms. The zero-order chi connectivity index (χ0) is 30.6. The molecule has 0 aliphatic carbocycles. The van der Waals surface area contributed by atoms with Gasteiger partial charge in [0.2, 0.25) is 5.88 Å². The number of nitrogens with zero attached hydrogens (tertiary/aromatic N) is 5. The predicted molar refractivity (Wildman–Crippen MR) is 172 cm³/mol. The third-order valence-corrected chi connectivity index (χ3v) is 11.3. The van der Waals surface area contributed by atoms with Gasteiger partial charge in [0, 0.05) is 53.2 Å². The number of halogens is 2. The van der Waals surface area contributed by atoms with Gasteiger partial charge in [-0.25, -0.2) is 9.37 Å². The third kappa shape index (κ3) is 3.95. The molecule has 2 aromatic heterocycles. The standard InChI is InChI=1S/C34H34ClFN6O3/c1-40-31-29(42-16-19-7-8-24(38-19)30(42)33(40)44)22-15-37-27(21-14-20(43)13-18-5-2-6-23(35)25(18)21)26(36)28(22)39-32(31)45-17-34-9-3-11-41(34)12-4-10-34/h2,5-6,13-15,19,24,30,38,43H,3-4,7-12,16-17H2,1H3. The second-order valence-electron chi connectivity index (χ2n) is 13.4. The fourth-order valence-corrected chi connectivity index (χ4v) is 9.18. The SMILES string of the molecule is CN1C(=O)C2C3CCC(CN2c2c1c(OCC14CCCN1CCC4)nc1c(F)c(-c4cc(O)cc5cccc(Cl)c45)ncc21)N3. The lowest BCUT2D eigenvalue weighted by Crippen LogP contribution is -2.66. The molecule has 9 nitrogen and oxygen atoms in total. The lowest BCUT2D eigenvalue weighted by atomic mass is 9.95. The van der Waals surface area contributed by atoms with E-state index in [9.17, 15) is 9.90 Å². The summed E-state index contributed by atoms with van der Waals surface area (Å²) in [6, 6.07) is 8.30. The van der Waals surface area contributed by atoms with Crippen molar-refractivity contribution in [2.24, 2.45) is 0 Å². The Morgan fingerprint density at radius 3 is 2.82 bits per heavy atom. The number of aromatic hydroxyl groups is 1. The second-order valence-corrected chi connectivity index (χ2v) is 13.8. The van der Waals surface area contributed by atoms with E-state index in [2.05, 4.69) is 20.1 Å². The van der Waals surface area contributed by atoms with E-state index in [-0.39, 0.29) is 46.4 Å². The average molecular weight is 629 g/mol. The number of nitrogens with one attached hydrogen (secondary N) is 1. The van der Waals surface area contributed by atoms with Crippen molar-refractivity contribution in [3.05, 3.63) is 47.4 Å². The Balaban J connectivity index is 1.27. The maximum absolute atomic E-state index is 17.0. The van der Waals surface area contributed by atoms with Crippen LogP contribution in [0.25, 0.3) is 32.9 Å². The molecule has 2 bridgehead atoms. The van der Waals surface area contributed by atoms with Crippen LogP contribution in [-0.4, -0.2) is 82.8 Å². The molecule has 9 rings (SSSR count). The number of ether oxygens (including phenoxy) is 1. The van der Waals surface area contributed by atoms with Gasteiger partial charge in [-0.05, 0) is 75.2 Å². The zero-order valence-electron chi connectivity index (χ0n) is 25.0. The van der Waals surface area contributed by atoms with Crippen LogP contribution in [0.15, 0.2) is 36.5 Å². The molecule has 2 N–H and O–H groups in total. The zero-order valence-corrected chi connectivity index (χ0v) is 25.8. The van der Waals surface area contributed by atoms with E-state index in [0.29, 0.717) is 45.6 Å². The van der Waals surface area contributed by atoms with Crippen LogP contribution in [0.2, 0.25) is 5.02 Å². The normalized spacial score (nSPS) is 25.2. The Morgan fingerprint density at radius 1 is 1.18 bits per heavy atom. The van der Waals surface area contributed by atoms with Gasteiger partial charge in [0.25, 0.3) is 5.91 Å². The minimum atomic E-state index is -0.622. The number of carbonyl (C=O) groups is 1. The molecule has 4 aromatic rings. The lowest BCUT2D eigenvalue weighted by Gasteiger charge is -2.48. The van der Waals surface area contributed by atoms with Crippen molar-refractivity contribution >= 4 is 50.6 Å². The van der Waals surface area contributed by atoms with E-state index in [1.807, 2.05) is 6.07 Å². The van der Waals surface area contributed by atoms with Crippen LogP contribution >= 0.6 is 11.6 Å². The van der Waals surface area contributed by atoms with E-state index >= 15 is 4.39 Å². The monoisotopic (exact) mass is 628 g/mol. The van der Waals surface area contributed by atoms with Crippen LogP contribution in [0.1, 0.15) is 38.5 Å². The Morgan fingerprint density at radius 2 is 2.00 bits per heavy atom. The summed E-state index contributed by atoms with van der Waals surface area (Å²) in [5, 5.41) is 16.4. The molecule has 3 unspecified atom stereocenters. The number of piperazine rings is 1. The minimum Gasteiger partial charge on any atom is -0.508 e. The molecule has 0 radical (unpaired) electrons. The smallest absolute Gasteiger partial charge is 0.251 e. The number of likely N-dealkylation sites (N-methyl/N-ethyl adjacent to an activating group) is 1. The van der Waals surface area contributed by atoms with Crippen molar-refractivity contribution < 1.29 is 19.0 Å². The number of hydrogen-bond acceptors (Lipinski definition) is 8. The van der Waals surface area contributed by atoms with Crippen molar-refractivity contribution in [3.63, 3.8) is 0 Å². The molecule has 3 atom stereocenters. The summed E-state index contributed by atoms with van der Waals surface area (Å²) in [5.41, 5.74) is 1.80. The minimum absolute atomic E-state index is 0.0142. The van der Waals surface area contributed by atoms with Crippen molar-refractivity contribution in [1.29, 1.82) is 0 Å². The molecule has 232 valence electrons. The summed E-state index contributed by atoms with van der Waals surface area (Å²) in [7, 11) is 1.77. The molecule has 45 heavy (non-hydrogen) atoms. The van der Waals surface area contributed by atoms with Gasteiger partial charge in [0.15, 0.2) is 5.82 Å². The number of anilines is 2. The number of benzene rings is 2. The van der Waals surface area contributed by atoms with E-state index in [1.54, 1.807) is 36.3 Å². The molecule has 4 saturated heterocycles. The highest BCUT2D eigenvalue weighted by molar-refractivity contribution is 6.36. The first-order valence-corrected chi connectivity index (χ1v) is 16.3. The number of phenolic OH excluding ortho intramolecular Hbond substituents is 1. The third-order valence-electron chi connectivity index (χ3n) is 11.0. The molecule has 11 heteroatoms. The quantitative estimate of drug-likeness (QED) is 0.317. The van der Waals surface area contributed by atoms with Crippen LogP contribution in [0, 0.1) is 5.82 Å². The maximum Gasteiger partial charge on any atom is 0.251 e. The van der Waals surface area contributed by atoms with Crippen molar-refractivity contribution in [2.45, 2.75) is 62.2 Å². The molecule has 2 aromatic carbocycles. The van der Waals surface area contributed by atoms with Crippen LogP contribution < -0.4 is 19.9 Å². The van der Waals surface area contributed by atoms with Crippen LogP contribution in [0.5, 0.6) is 11.6 Å². The number of phenols is 1. The molecule has 4 fully saturated rings. The van der Waals surface area contributed by atoms with E-state index in [1.165, 1.54) is 6.07 Å². The lowest BCUT2D eigenvalue weighted by molar-refractivity contribution is -0.120. The maximum atomic E-state index is 17.0. The molecule has 5 aliphatic heterocycles. The van der Waals surface area contributed by atoms with E-state index in [4.69, 9.17) is 21.3 Å². The van der Waals surface area contributed by atoms with Gasteiger partial charge in [-0.15, -0.1) is 0 Å². The number of fused-ring (bicyclic) bond motifs is 10. The van der Waals surface area contributed by atoms with Gasteiger partial charge in [0.1, 0.15) is 35.3 Å². The first-order chi connectivity index (χ1) is 21.8. The highest BCUT2D eigenvalue weighted by Crippen LogP contribution is 2.50. The molecule has 1 amide bonds. The summed E-state index contributed by atoms with van der Waals surface area (Å²) in [5.74, 6) is -0.387. The summed E-state index contributed by atoms with van der Waals surface area (Å²) >= 11 is 6.62. The van der Waals surface area contributed by atoms with Crippen LogP contribution in [0.4, 0.5) is 15.8 Å². The molecule has 5 aliphatic rings. The highest BCUT2D eigenvalue weighted by Gasteiger charge is 2.51. The first kappa shape index (κ1) is 27.6. The second kappa shape index (κ2) is 9.88. The topological polar surface area (TPSA) is 94.1 Å². The molecular formula is C34H34ClFN6O3. The highest BCUT2D eigenvalue weighted by atomic mass is 35.5. The Hall–Kier alpha value is -3.73. The van der Waals surface area contributed by atoms with Gasteiger partial charge in [-0.1, -0.05) is 23.7 Å². The Labute approximate surface area is 264 Å². The van der Waals surface area contributed by atoms with Crippen LogP contribution in [0.3, 0.4) is 0 Å². The number of amides is 1. The summed E-state index contributed by atoms with van der Waals surface area (Å²) in [4.78, 5) is 29.8. The molecular weight excluding hydrogens is 595 g/mol. The number of pyridine rings is 2. The van der Waals surface area contributed by atoms with Gasteiger partial charge in [-0.3, -0.25) is 14.7 Å². The number of hydrogen-bond donors (Lipinski definition) is 2. The molecule has 7 heterocycles. The largest absolute Gasteiger partial charge is 0.508 e. The van der Waals surface area contributed by atoms with Crippen molar-refractivity contribution in [1.82, 2.24) is 20.2 Å². The van der Waals surface area contributed by atoms with Gasteiger partial charge >= 0.3 is 0 Å². The summed E-state index contributed by atoms with van der Waals surface area (Å²) in [6.45, 7) is 3.17. The van der Waals surface area contributed by atoms with E-state index in [0.717, 1.165) is 57.3 Å². The molecule has 0 saturated carbocycles. The summed E-state index contributed by atoms with van der Waals surface area (Å²) in [6.07, 6.45) is 7.89. The van der Waals surface area contributed by atoms with Gasteiger partial charge in [0.05, 0.1) is 11.2 Å². The average Bonchev–Trinajstić information content (AvgIpc) is 3.72. The number of aromatic nitrogens is 2. The van der Waals surface area contributed by atoms with Gasteiger partial charge < -0.3 is 25.0 Å². The summed E-state index contributed by atoms with van der Waals surface area (Å²) < 4.78 is 23.6. The Bertz CT molecular complexity index is 1910. The predicted octanol–water partition coefficient (Wildman–Crippen LogP) is 5.24.